The largest absolute Gasteiger partial charge is 0.397 e. The molecule has 1 aromatic rings. The summed E-state index contributed by atoms with van der Waals surface area (Å²) in [5.74, 6) is -5.30. The van der Waals surface area contributed by atoms with Crippen LogP contribution < -0.4 is 11.1 Å². The molecule has 0 aliphatic carbocycles. The first-order valence-corrected chi connectivity index (χ1v) is 4.49. The molecule has 0 bridgehead atoms. The van der Waals surface area contributed by atoms with Crippen LogP contribution in [0, 0.1) is 0 Å². The van der Waals surface area contributed by atoms with Crippen LogP contribution in [0.2, 0.25) is 0 Å². The number of anilines is 1. The molecule has 1 aromatic heterocycles. The van der Waals surface area contributed by atoms with E-state index in [-0.39, 0.29) is 11.4 Å². The maximum absolute atomic E-state index is 12.5. The summed E-state index contributed by atoms with van der Waals surface area (Å²) in [5, 5.41) is 1.65. The first-order valence-electron chi connectivity index (χ1n) is 4.49. The molecule has 0 saturated heterocycles. The summed E-state index contributed by atoms with van der Waals surface area (Å²) in [6, 6.07) is 2.78. The molecule has 0 aromatic carbocycles. The molecule has 94 valence electrons. The fourth-order valence-electron chi connectivity index (χ4n) is 0.966. The van der Waals surface area contributed by atoms with E-state index < -0.39 is 24.8 Å². The predicted molar refractivity (Wildman–Crippen MR) is 51.9 cm³/mol. The van der Waals surface area contributed by atoms with Gasteiger partial charge in [-0.3, -0.25) is 4.79 Å². The van der Waals surface area contributed by atoms with Crippen molar-refractivity contribution in [2.45, 2.75) is 12.3 Å². The van der Waals surface area contributed by atoms with E-state index in [0.29, 0.717) is 0 Å². The smallest absolute Gasteiger partial charge is 0.324 e. The molecule has 0 aliphatic heterocycles. The minimum Gasteiger partial charge on any atom is -0.397 e. The maximum atomic E-state index is 12.5. The summed E-state index contributed by atoms with van der Waals surface area (Å²) in [5.41, 5.74) is 5.06. The lowest BCUT2D eigenvalue weighted by Gasteiger charge is -2.15. The fraction of sp³-hybridized carbons (Fsp3) is 0.333. The number of hydrogen-bond acceptors (Lipinski definition) is 3. The van der Waals surface area contributed by atoms with Gasteiger partial charge in [0.2, 0.25) is 0 Å². The lowest BCUT2D eigenvalue weighted by Crippen LogP contribution is -2.41. The van der Waals surface area contributed by atoms with Crippen LogP contribution in [-0.2, 0) is 0 Å². The molecule has 0 saturated carbocycles. The van der Waals surface area contributed by atoms with Crippen LogP contribution >= 0.6 is 0 Å². The number of nitrogens with zero attached hydrogens (tertiary/aromatic N) is 1. The number of alkyl halides is 4. The molecular formula is C9H9F4N3O. The normalized spacial score (nSPS) is 11.6. The standard InChI is InChI=1S/C9H9F4N3O/c10-8(11)9(12,13)4-16-7(17)6-5(14)2-1-3-15-6/h1-3,8H,4,14H2,(H,16,17). The number of halogens is 4. The van der Waals surface area contributed by atoms with Gasteiger partial charge in [0, 0.05) is 6.20 Å². The Balaban J connectivity index is 2.66. The Kier molecular flexibility index (Phi) is 3.87. The van der Waals surface area contributed by atoms with Gasteiger partial charge in [-0.1, -0.05) is 0 Å². The lowest BCUT2D eigenvalue weighted by atomic mass is 10.2. The van der Waals surface area contributed by atoms with Crippen molar-refractivity contribution in [3.05, 3.63) is 24.0 Å². The highest BCUT2D eigenvalue weighted by molar-refractivity contribution is 5.96. The fourth-order valence-corrected chi connectivity index (χ4v) is 0.966. The van der Waals surface area contributed by atoms with Gasteiger partial charge in [0.1, 0.15) is 0 Å². The van der Waals surface area contributed by atoms with E-state index in [9.17, 15) is 22.4 Å². The Morgan fingerprint density at radius 1 is 1.53 bits per heavy atom. The number of nitrogens with one attached hydrogen (secondary N) is 1. The average molecular weight is 251 g/mol. The highest BCUT2D eigenvalue weighted by atomic mass is 19.3. The molecule has 0 unspecified atom stereocenters. The van der Waals surface area contributed by atoms with E-state index in [1.807, 2.05) is 0 Å². The summed E-state index contributed by atoms with van der Waals surface area (Å²) in [6.07, 6.45) is -2.61. The van der Waals surface area contributed by atoms with Gasteiger partial charge in [0.25, 0.3) is 5.91 Å². The van der Waals surface area contributed by atoms with E-state index in [4.69, 9.17) is 5.73 Å². The molecule has 8 heteroatoms. The minimum atomic E-state index is -4.28. The van der Waals surface area contributed by atoms with Crippen molar-refractivity contribution in [3.8, 4) is 0 Å². The summed E-state index contributed by atoms with van der Waals surface area (Å²) in [4.78, 5) is 14.9. The van der Waals surface area contributed by atoms with Crippen molar-refractivity contribution in [2.24, 2.45) is 0 Å². The van der Waals surface area contributed by atoms with Crippen LogP contribution in [0.4, 0.5) is 23.2 Å². The van der Waals surface area contributed by atoms with Gasteiger partial charge in [-0.05, 0) is 12.1 Å². The summed E-state index contributed by atoms with van der Waals surface area (Å²) in [7, 11) is 0. The topological polar surface area (TPSA) is 68.0 Å². The zero-order valence-electron chi connectivity index (χ0n) is 8.46. The molecule has 0 radical (unpaired) electrons. The van der Waals surface area contributed by atoms with Gasteiger partial charge < -0.3 is 11.1 Å². The van der Waals surface area contributed by atoms with E-state index in [1.165, 1.54) is 18.3 Å². The molecule has 0 spiro atoms. The quantitative estimate of drug-likeness (QED) is 0.792. The molecule has 17 heavy (non-hydrogen) atoms. The van der Waals surface area contributed by atoms with Crippen molar-refractivity contribution in [1.29, 1.82) is 0 Å². The van der Waals surface area contributed by atoms with Crippen LogP contribution in [0.1, 0.15) is 10.5 Å². The van der Waals surface area contributed by atoms with Crippen molar-refractivity contribution >= 4 is 11.6 Å². The van der Waals surface area contributed by atoms with Gasteiger partial charge in [0.05, 0.1) is 12.2 Å². The van der Waals surface area contributed by atoms with E-state index in [0.717, 1.165) is 0 Å². The Morgan fingerprint density at radius 2 is 2.18 bits per heavy atom. The third-order valence-electron chi connectivity index (χ3n) is 1.86. The third kappa shape index (κ3) is 3.30. The zero-order chi connectivity index (χ0) is 13.1. The number of aromatic nitrogens is 1. The van der Waals surface area contributed by atoms with Crippen LogP contribution in [-0.4, -0.2) is 29.8 Å². The molecule has 1 amide bonds. The number of hydrogen-bond donors (Lipinski definition) is 2. The molecule has 4 nitrogen and oxygen atoms in total. The molecule has 3 N–H and O–H groups in total. The Labute approximate surface area is 93.8 Å². The zero-order valence-corrected chi connectivity index (χ0v) is 8.46. The van der Waals surface area contributed by atoms with Gasteiger partial charge in [-0.25, -0.2) is 13.8 Å². The van der Waals surface area contributed by atoms with E-state index in [2.05, 4.69) is 4.98 Å². The van der Waals surface area contributed by atoms with Gasteiger partial charge in [-0.2, -0.15) is 8.78 Å². The van der Waals surface area contributed by atoms with Crippen molar-refractivity contribution in [1.82, 2.24) is 10.3 Å². The SMILES string of the molecule is Nc1cccnc1C(=O)NCC(F)(F)C(F)F. The highest BCUT2D eigenvalue weighted by Crippen LogP contribution is 2.21. The summed E-state index contributed by atoms with van der Waals surface area (Å²) in [6.45, 7) is -1.47. The van der Waals surface area contributed by atoms with Gasteiger partial charge >= 0.3 is 12.3 Å². The van der Waals surface area contributed by atoms with Crippen LogP contribution in [0.5, 0.6) is 0 Å². The molecule has 1 rings (SSSR count). The number of carbonyl (C=O) groups excluding carboxylic acids is 1. The highest BCUT2D eigenvalue weighted by Gasteiger charge is 2.41. The first-order chi connectivity index (χ1) is 7.84. The third-order valence-corrected chi connectivity index (χ3v) is 1.86. The maximum Gasteiger partial charge on any atom is 0.324 e. The number of carbonyl (C=O) groups is 1. The minimum absolute atomic E-state index is 0.0228. The number of nitrogens with two attached hydrogens (primary N) is 1. The summed E-state index contributed by atoms with van der Waals surface area (Å²) < 4.78 is 48.6. The number of amides is 1. The monoisotopic (exact) mass is 251 g/mol. The van der Waals surface area contributed by atoms with Gasteiger partial charge in [0.15, 0.2) is 5.69 Å². The second-order valence-electron chi connectivity index (χ2n) is 3.19. The average Bonchev–Trinajstić information content (AvgIpc) is 2.26. The Morgan fingerprint density at radius 3 is 2.71 bits per heavy atom. The summed E-state index contributed by atoms with van der Waals surface area (Å²) >= 11 is 0. The molecule has 0 fully saturated rings. The van der Waals surface area contributed by atoms with E-state index in [1.54, 1.807) is 5.32 Å². The number of pyridine rings is 1. The predicted octanol–water partition coefficient (Wildman–Crippen LogP) is 1.29. The van der Waals surface area contributed by atoms with Gasteiger partial charge in [-0.15, -0.1) is 0 Å². The molecule has 1 heterocycles. The van der Waals surface area contributed by atoms with E-state index >= 15 is 0 Å². The van der Waals surface area contributed by atoms with Crippen molar-refractivity contribution in [2.75, 3.05) is 12.3 Å². The number of nitrogen functional groups attached to an aromatic ring is 1. The van der Waals surface area contributed by atoms with Crippen LogP contribution in [0.25, 0.3) is 0 Å². The van der Waals surface area contributed by atoms with Crippen LogP contribution in [0.3, 0.4) is 0 Å². The van der Waals surface area contributed by atoms with Crippen molar-refractivity contribution < 1.29 is 22.4 Å². The number of rotatable bonds is 4. The van der Waals surface area contributed by atoms with Crippen LogP contribution in [0.15, 0.2) is 18.3 Å². The molecular weight excluding hydrogens is 242 g/mol. The Hall–Kier alpha value is -1.86. The lowest BCUT2D eigenvalue weighted by molar-refractivity contribution is -0.123. The molecule has 0 aliphatic rings. The first kappa shape index (κ1) is 13.2. The van der Waals surface area contributed by atoms with Crippen molar-refractivity contribution in [3.63, 3.8) is 0 Å². The second-order valence-corrected chi connectivity index (χ2v) is 3.19. The second kappa shape index (κ2) is 4.98. The molecule has 0 atom stereocenters. The Bertz CT molecular complexity index is 411.